The average molecular weight is 495 g/mol. The standard InChI is InChI=1S/C25H33F3N4O3/c1-17-19(25(26,27)28)12-9-13-20(17)32-21-18(11-10-16-29-21)22(33)30-14-7-5-6-8-15-31-23(34)35-24(2,3)4/h9-13,16H,5-8,14-15H2,1-4H3,(H,29,32)(H,30,33)(H,31,34). The molecule has 3 N–H and O–H groups in total. The minimum Gasteiger partial charge on any atom is -0.444 e. The van der Waals surface area contributed by atoms with E-state index in [4.69, 9.17) is 4.74 Å². The second-order valence-electron chi connectivity index (χ2n) is 9.10. The molecule has 0 aliphatic rings. The van der Waals surface area contributed by atoms with Gasteiger partial charge in [-0.2, -0.15) is 13.2 Å². The number of nitrogens with zero attached hydrogens (tertiary/aromatic N) is 1. The maximum absolute atomic E-state index is 13.2. The first-order valence-electron chi connectivity index (χ1n) is 11.5. The highest BCUT2D eigenvalue weighted by atomic mass is 19.4. The Labute approximate surface area is 203 Å². The van der Waals surface area contributed by atoms with Crippen LogP contribution in [-0.4, -0.2) is 35.7 Å². The van der Waals surface area contributed by atoms with E-state index in [-0.39, 0.29) is 28.5 Å². The summed E-state index contributed by atoms with van der Waals surface area (Å²) >= 11 is 0. The van der Waals surface area contributed by atoms with Crippen LogP contribution in [0.3, 0.4) is 0 Å². The summed E-state index contributed by atoms with van der Waals surface area (Å²) in [4.78, 5) is 28.4. The number of pyridine rings is 1. The van der Waals surface area contributed by atoms with Gasteiger partial charge in [-0.3, -0.25) is 4.79 Å². The largest absolute Gasteiger partial charge is 0.444 e. The van der Waals surface area contributed by atoms with Gasteiger partial charge < -0.3 is 20.7 Å². The van der Waals surface area contributed by atoms with Crippen LogP contribution >= 0.6 is 0 Å². The predicted molar refractivity (Wildman–Crippen MR) is 129 cm³/mol. The molecule has 0 spiro atoms. The van der Waals surface area contributed by atoms with E-state index in [9.17, 15) is 22.8 Å². The van der Waals surface area contributed by atoms with Gasteiger partial charge in [0.05, 0.1) is 11.1 Å². The van der Waals surface area contributed by atoms with Crippen molar-refractivity contribution in [1.82, 2.24) is 15.6 Å². The van der Waals surface area contributed by atoms with Gasteiger partial charge in [0.1, 0.15) is 11.4 Å². The number of benzene rings is 1. The number of alkyl carbamates (subject to hydrolysis) is 1. The van der Waals surface area contributed by atoms with Crippen molar-refractivity contribution in [3.05, 3.63) is 53.2 Å². The van der Waals surface area contributed by atoms with Crippen molar-refractivity contribution < 1.29 is 27.5 Å². The number of nitrogens with one attached hydrogen (secondary N) is 3. The molecule has 0 fully saturated rings. The Bertz CT molecular complexity index is 1000. The van der Waals surface area contributed by atoms with Crippen LogP contribution in [-0.2, 0) is 10.9 Å². The van der Waals surface area contributed by atoms with Crippen molar-refractivity contribution >= 4 is 23.5 Å². The number of alkyl halides is 3. The fourth-order valence-corrected chi connectivity index (χ4v) is 3.30. The molecular weight excluding hydrogens is 461 g/mol. The minimum atomic E-state index is -4.47. The Balaban J connectivity index is 1.81. The molecule has 2 aromatic rings. The van der Waals surface area contributed by atoms with Gasteiger partial charge in [-0.25, -0.2) is 9.78 Å². The number of halogens is 3. The topological polar surface area (TPSA) is 92.4 Å². The molecule has 0 unspecified atom stereocenters. The Morgan fingerprint density at radius 3 is 2.23 bits per heavy atom. The van der Waals surface area contributed by atoms with E-state index in [0.29, 0.717) is 13.1 Å². The van der Waals surface area contributed by atoms with Crippen LogP contribution in [0.15, 0.2) is 36.5 Å². The Kier molecular flexibility index (Phi) is 9.91. The zero-order chi connectivity index (χ0) is 26.1. The fourth-order valence-electron chi connectivity index (χ4n) is 3.30. The van der Waals surface area contributed by atoms with E-state index in [1.54, 1.807) is 32.9 Å². The number of hydrogen-bond acceptors (Lipinski definition) is 5. The number of rotatable bonds is 10. The van der Waals surface area contributed by atoms with Crippen LogP contribution in [0.2, 0.25) is 0 Å². The quantitative estimate of drug-likeness (QED) is 0.354. The highest BCUT2D eigenvalue weighted by Gasteiger charge is 2.33. The minimum absolute atomic E-state index is 0.0261. The number of amides is 2. The molecule has 1 aromatic heterocycles. The summed E-state index contributed by atoms with van der Waals surface area (Å²) in [6.07, 6.45) is -0.178. The number of carbonyl (C=O) groups is 2. The Hall–Kier alpha value is -3.30. The van der Waals surface area contributed by atoms with Crippen LogP contribution in [0.4, 0.5) is 29.5 Å². The number of aromatic nitrogens is 1. The monoisotopic (exact) mass is 494 g/mol. The highest BCUT2D eigenvalue weighted by Crippen LogP contribution is 2.35. The SMILES string of the molecule is Cc1c(Nc2ncccc2C(=O)NCCCCCCNC(=O)OC(C)(C)C)cccc1C(F)(F)F. The van der Waals surface area contributed by atoms with Gasteiger partial charge in [-0.05, 0) is 70.4 Å². The van der Waals surface area contributed by atoms with Gasteiger partial charge in [-0.15, -0.1) is 0 Å². The molecule has 2 amide bonds. The van der Waals surface area contributed by atoms with E-state index in [0.717, 1.165) is 31.7 Å². The first-order chi connectivity index (χ1) is 16.4. The third kappa shape index (κ3) is 9.46. The lowest BCUT2D eigenvalue weighted by atomic mass is 10.1. The van der Waals surface area contributed by atoms with Crippen molar-refractivity contribution in [2.45, 2.75) is 65.2 Å². The van der Waals surface area contributed by atoms with Gasteiger partial charge in [0, 0.05) is 25.0 Å². The number of ether oxygens (including phenoxy) is 1. The summed E-state index contributed by atoms with van der Waals surface area (Å²) in [5, 5.41) is 8.39. The van der Waals surface area contributed by atoms with Gasteiger partial charge in [0.2, 0.25) is 0 Å². The molecule has 0 aliphatic heterocycles. The molecule has 7 nitrogen and oxygen atoms in total. The second kappa shape index (κ2) is 12.4. The van der Waals surface area contributed by atoms with Crippen molar-refractivity contribution in [2.24, 2.45) is 0 Å². The molecule has 1 heterocycles. The first-order valence-corrected chi connectivity index (χ1v) is 11.5. The van der Waals surface area contributed by atoms with Gasteiger partial charge in [0.15, 0.2) is 0 Å². The lowest BCUT2D eigenvalue weighted by molar-refractivity contribution is -0.138. The zero-order valence-electron chi connectivity index (χ0n) is 20.5. The Morgan fingerprint density at radius 1 is 0.943 bits per heavy atom. The van der Waals surface area contributed by atoms with E-state index in [2.05, 4.69) is 20.9 Å². The second-order valence-corrected chi connectivity index (χ2v) is 9.10. The molecule has 1 aromatic carbocycles. The number of carbonyl (C=O) groups excluding carboxylic acids is 2. The van der Waals surface area contributed by atoms with E-state index in [1.807, 2.05) is 0 Å². The average Bonchev–Trinajstić information content (AvgIpc) is 2.75. The first kappa shape index (κ1) is 27.9. The highest BCUT2D eigenvalue weighted by molar-refractivity contribution is 5.99. The summed E-state index contributed by atoms with van der Waals surface area (Å²) in [6.45, 7) is 7.74. The molecule has 2 rings (SSSR count). The molecule has 35 heavy (non-hydrogen) atoms. The number of hydrogen-bond donors (Lipinski definition) is 3. The van der Waals surface area contributed by atoms with Crippen LogP contribution in [0, 0.1) is 6.92 Å². The normalized spacial score (nSPS) is 11.6. The van der Waals surface area contributed by atoms with Gasteiger partial charge in [0.25, 0.3) is 5.91 Å². The summed E-state index contributed by atoms with van der Waals surface area (Å²) in [6, 6.07) is 7.00. The van der Waals surface area contributed by atoms with Crippen molar-refractivity contribution in [3.8, 4) is 0 Å². The summed E-state index contributed by atoms with van der Waals surface area (Å²) in [7, 11) is 0. The lowest BCUT2D eigenvalue weighted by Gasteiger charge is -2.19. The van der Waals surface area contributed by atoms with Crippen molar-refractivity contribution in [3.63, 3.8) is 0 Å². The molecule has 0 atom stereocenters. The van der Waals surface area contributed by atoms with E-state index < -0.39 is 23.4 Å². The predicted octanol–water partition coefficient (Wildman–Crippen LogP) is 5.97. The van der Waals surface area contributed by atoms with Crippen LogP contribution in [0.25, 0.3) is 0 Å². The van der Waals surface area contributed by atoms with Crippen molar-refractivity contribution in [2.75, 3.05) is 18.4 Å². The molecule has 192 valence electrons. The molecule has 0 aliphatic carbocycles. The van der Waals surface area contributed by atoms with E-state index in [1.165, 1.54) is 25.3 Å². The third-order valence-corrected chi connectivity index (χ3v) is 5.00. The molecule has 0 saturated carbocycles. The zero-order valence-corrected chi connectivity index (χ0v) is 20.5. The molecule has 0 radical (unpaired) electrons. The van der Waals surface area contributed by atoms with Gasteiger partial charge in [-0.1, -0.05) is 18.9 Å². The summed E-state index contributed by atoms with van der Waals surface area (Å²) in [5.74, 6) is -0.183. The molecule has 0 bridgehead atoms. The number of anilines is 2. The number of unbranched alkanes of at least 4 members (excludes halogenated alkanes) is 3. The fraction of sp³-hybridized carbons (Fsp3) is 0.480. The lowest BCUT2D eigenvalue weighted by Crippen LogP contribution is -2.33. The van der Waals surface area contributed by atoms with E-state index >= 15 is 0 Å². The Morgan fingerprint density at radius 2 is 1.60 bits per heavy atom. The summed E-state index contributed by atoms with van der Waals surface area (Å²) in [5.41, 5.74) is -0.778. The van der Waals surface area contributed by atoms with Crippen LogP contribution < -0.4 is 16.0 Å². The van der Waals surface area contributed by atoms with Gasteiger partial charge >= 0.3 is 12.3 Å². The maximum atomic E-state index is 13.2. The maximum Gasteiger partial charge on any atom is 0.416 e. The third-order valence-electron chi connectivity index (χ3n) is 5.00. The van der Waals surface area contributed by atoms with Crippen molar-refractivity contribution in [1.29, 1.82) is 0 Å². The summed E-state index contributed by atoms with van der Waals surface area (Å²) < 4.78 is 44.8. The molecular formula is C25H33F3N4O3. The van der Waals surface area contributed by atoms with Crippen LogP contribution in [0.5, 0.6) is 0 Å². The smallest absolute Gasteiger partial charge is 0.416 e. The van der Waals surface area contributed by atoms with Crippen LogP contribution in [0.1, 0.15) is 67.9 Å². The molecule has 10 heteroatoms. The molecule has 0 saturated heterocycles.